The molecule has 0 saturated carbocycles. The molecule has 0 saturated heterocycles. The number of benzene rings is 2. The molecule has 0 amide bonds. The Morgan fingerprint density at radius 3 is 2.77 bits per heavy atom. The van der Waals surface area contributed by atoms with E-state index in [1.54, 1.807) is 31.5 Å². The van der Waals surface area contributed by atoms with Gasteiger partial charge in [0, 0.05) is 11.8 Å². The third-order valence-electron chi connectivity index (χ3n) is 3.19. The monoisotopic (exact) mass is 370 g/mol. The number of nitrogens with one attached hydrogen (secondary N) is 2. The van der Waals surface area contributed by atoms with Gasteiger partial charge < -0.3 is 19.5 Å². The molecule has 0 atom stereocenters. The molecule has 0 radical (unpaired) electrons. The first-order valence-electron chi connectivity index (χ1n) is 7.58. The molecule has 0 spiro atoms. The molecule has 134 valence electrons. The van der Waals surface area contributed by atoms with Crippen LogP contribution in [-0.4, -0.2) is 32.2 Å². The largest absolute Gasteiger partial charge is 0.497 e. The van der Waals surface area contributed by atoms with Crippen LogP contribution in [0, 0.1) is 11.3 Å². The molecule has 2 aromatic carbocycles. The van der Waals surface area contributed by atoms with Crippen molar-refractivity contribution in [3.8, 4) is 23.3 Å². The summed E-state index contributed by atoms with van der Waals surface area (Å²) in [5.74, 6) is 1.74. The summed E-state index contributed by atoms with van der Waals surface area (Å²) in [5, 5.41) is 16.0. The summed E-state index contributed by atoms with van der Waals surface area (Å²) in [6.45, 7) is -0.0461. The van der Waals surface area contributed by atoms with Gasteiger partial charge in [0.2, 0.25) is 0 Å². The lowest BCUT2D eigenvalue weighted by Gasteiger charge is -2.09. The Kier molecular flexibility index (Phi) is 7.21. The molecule has 0 bridgehead atoms. The normalized spacial score (nSPS) is 10.0. The van der Waals surface area contributed by atoms with Crippen LogP contribution in [0.15, 0.2) is 47.6 Å². The van der Waals surface area contributed by atoms with E-state index < -0.39 is 0 Å². The van der Waals surface area contributed by atoms with Crippen LogP contribution >= 0.6 is 12.2 Å². The smallest absolute Gasteiger partial charge is 0.191 e. The van der Waals surface area contributed by atoms with Crippen LogP contribution in [0.4, 0.5) is 5.69 Å². The summed E-state index contributed by atoms with van der Waals surface area (Å²) in [7, 11) is 3.13. The Balaban J connectivity index is 1.94. The molecule has 2 aromatic rings. The topological polar surface area (TPSA) is 87.9 Å². The standard InChI is InChI=1S/C18H18N4O3S/c1-23-15-5-3-4-14(11-15)21-18(26)22-20-12-13-6-7-16(25-9-8-19)17(10-13)24-2/h3-7,10-12H,9H2,1-2H3,(H2,21,22,26)/b20-12-. The van der Waals surface area contributed by atoms with E-state index in [2.05, 4.69) is 15.8 Å². The van der Waals surface area contributed by atoms with Crippen LogP contribution in [-0.2, 0) is 0 Å². The van der Waals surface area contributed by atoms with E-state index in [-0.39, 0.29) is 6.61 Å². The number of rotatable bonds is 7. The number of anilines is 1. The summed E-state index contributed by atoms with van der Waals surface area (Å²) in [6, 6.07) is 14.6. The van der Waals surface area contributed by atoms with Crippen molar-refractivity contribution in [3.63, 3.8) is 0 Å². The van der Waals surface area contributed by atoms with Crippen LogP contribution in [0.2, 0.25) is 0 Å². The molecule has 0 aliphatic rings. The third-order valence-corrected chi connectivity index (χ3v) is 3.38. The van der Waals surface area contributed by atoms with Crippen molar-refractivity contribution in [2.24, 2.45) is 5.10 Å². The second kappa shape index (κ2) is 9.86. The van der Waals surface area contributed by atoms with Crippen LogP contribution in [0.1, 0.15) is 5.56 Å². The van der Waals surface area contributed by atoms with Crippen molar-refractivity contribution in [1.29, 1.82) is 5.26 Å². The Bertz CT molecular complexity index is 833. The van der Waals surface area contributed by atoms with Crippen molar-refractivity contribution in [3.05, 3.63) is 48.0 Å². The van der Waals surface area contributed by atoms with Crippen molar-refractivity contribution in [2.75, 3.05) is 26.1 Å². The van der Waals surface area contributed by atoms with Crippen LogP contribution in [0.25, 0.3) is 0 Å². The summed E-state index contributed by atoms with van der Waals surface area (Å²) < 4.78 is 15.7. The minimum Gasteiger partial charge on any atom is -0.497 e. The molecule has 0 heterocycles. The molecule has 0 unspecified atom stereocenters. The number of hydrogen-bond acceptors (Lipinski definition) is 6. The van der Waals surface area contributed by atoms with Gasteiger partial charge in [-0.2, -0.15) is 10.4 Å². The second-order valence-electron chi connectivity index (χ2n) is 4.91. The minimum absolute atomic E-state index is 0.0461. The van der Waals surface area contributed by atoms with Crippen LogP contribution in [0.3, 0.4) is 0 Å². The van der Waals surface area contributed by atoms with Crippen molar-refractivity contribution >= 4 is 29.2 Å². The Labute approximate surface area is 157 Å². The molecule has 2 N–H and O–H groups in total. The maximum Gasteiger partial charge on any atom is 0.191 e. The molecule has 2 rings (SSSR count). The molecular weight excluding hydrogens is 352 g/mol. The minimum atomic E-state index is -0.0461. The number of nitriles is 1. The van der Waals surface area contributed by atoms with Gasteiger partial charge >= 0.3 is 0 Å². The lowest BCUT2D eigenvalue weighted by Crippen LogP contribution is -2.23. The quantitative estimate of drug-likeness (QED) is 0.440. The number of nitrogens with zero attached hydrogens (tertiary/aromatic N) is 2. The van der Waals surface area contributed by atoms with Gasteiger partial charge in [-0.15, -0.1) is 0 Å². The highest BCUT2D eigenvalue weighted by molar-refractivity contribution is 7.80. The molecule has 0 aliphatic heterocycles. The lowest BCUT2D eigenvalue weighted by atomic mass is 10.2. The zero-order chi connectivity index (χ0) is 18.8. The molecular formula is C18H18N4O3S. The maximum atomic E-state index is 8.58. The number of thiocarbonyl (C=S) groups is 1. The van der Waals surface area contributed by atoms with E-state index in [0.29, 0.717) is 16.6 Å². The highest BCUT2D eigenvalue weighted by atomic mass is 32.1. The van der Waals surface area contributed by atoms with Crippen molar-refractivity contribution < 1.29 is 14.2 Å². The first kappa shape index (κ1) is 19.0. The molecule has 7 nitrogen and oxygen atoms in total. The van der Waals surface area contributed by atoms with Gasteiger partial charge in [0.25, 0.3) is 0 Å². The van der Waals surface area contributed by atoms with E-state index in [9.17, 15) is 0 Å². The first-order valence-corrected chi connectivity index (χ1v) is 7.99. The van der Waals surface area contributed by atoms with E-state index in [4.69, 9.17) is 31.7 Å². The van der Waals surface area contributed by atoms with Gasteiger partial charge in [0.1, 0.15) is 11.8 Å². The lowest BCUT2D eigenvalue weighted by molar-refractivity contribution is 0.329. The van der Waals surface area contributed by atoms with E-state index in [1.807, 2.05) is 30.3 Å². The SMILES string of the molecule is COc1cccc(NC(=S)N/N=C\c2ccc(OCC#N)c(OC)c2)c1. The van der Waals surface area contributed by atoms with Gasteiger partial charge in [-0.1, -0.05) is 6.07 Å². The van der Waals surface area contributed by atoms with Gasteiger partial charge in [0.15, 0.2) is 23.2 Å². The molecule has 8 heteroatoms. The second-order valence-corrected chi connectivity index (χ2v) is 5.32. The van der Waals surface area contributed by atoms with Gasteiger partial charge in [0.05, 0.1) is 20.4 Å². The fourth-order valence-corrected chi connectivity index (χ4v) is 2.19. The molecule has 0 aromatic heterocycles. The van der Waals surface area contributed by atoms with E-state index in [0.717, 1.165) is 17.0 Å². The van der Waals surface area contributed by atoms with Gasteiger partial charge in [-0.25, -0.2) is 0 Å². The predicted octanol–water partition coefficient (Wildman–Crippen LogP) is 2.93. The Morgan fingerprint density at radius 2 is 2.04 bits per heavy atom. The number of methoxy groups -OCH3 is 2. The summed E-state index contributed by atoms with van der Waals surface area (Å²) in [4.78, 5) is 0. The van der Waals surface area contributed by atoms with Gasteiger partial charge in [-0.3, -0.25) is 5.43 Å². The number of hydrogen-bond donors (Lipinski definition) is 2. The average molecular weight is 370 g/mol. The predicted molar refractivity (Wildman–Crippen MR) is 104 cm³/mol. The highest BCUT2D eigenvalue weighted by Crippen LogP contribution is 2.27. The molecule has 0 fully saturated rings. The fourth-order valence-electron chi connectivity index (χ4n) is 2.02. The zero-order valence-corrected chi connectivity index (χ0v) is 15.2. The Hall–Kier alpha value is -3.31. The van der Waals surface area contributed by atoms with E-state index >= 15 is 0 Å². The first-order chi connectivity index (χ1) is 12.7. The average Bonchev–Trinajstić information content (AvgIpc) is 2.66. The Morgan fingerprint density at radius 1 is 1.19 bits per heavy atom. The summed E-state index contributed by atoms with van der Waals surface area (Å²) >= 11 is 5.20. The van der Waals surface area contributed by atoms with Crippen LogP contribution < -0.4 is 25.0 Å². The van der Waals surface area contributed by atoms with Crippen LogP contribution in [0.5, 0.6) is 17.2 Å². The highest BCUT2D eigenvalue weighted by Gasteiger charge is 2.05. The van der Waals surface area contributed by atoms with E-state index in [1.165, 1.54) is 7.11 Å². The summed E-state index contributed by atoms with van der Waals surface area (Å²) in [6.07, 6.45) is 1.59. The van der Waals surface area contributed by atoms with Crippen molar-refractivity contribution in [2.45, 2.75) is 0 Å². The summed E-state index contributed by atoms with van der Waals surface area (Å²) in [5.41, 5.74) is 4.31. The number of hydrazone groups is 1. The zero-order valence-electron chi connectivity index (χ0n) is 14.4. The molecule has 26 heavy (non-hydrogen) atoms. The van der Waals surface area contributed by atoms with Gasteiger partial charge in [-0.05, 0) is 48.1 Å². The van der Waals surface area contributed by atoms with Crippen molar-refractivity contribution in [1.82, 2.24) is 5.43 Å². The molecule has 0 aliphatic carbocycles. The maximum absolute atomic E-state index is 8.58. The fraction of sp³-hybridized carbons (Fsp3) is 0.167. The number of ether oxygens (including phenoxy) is 3. The third kappa shape index (κ3) is 5.65.